The maximum atomic E-state index is 4.45. The van der Waals surface area contributed by atoms with Crippen molar-refractivity contribution in [2.45, 2.75) is 26.2 Å². The van der Waals surface area contributed by atoms with Crippen molar-refractivity contribution in [3.05, 3.63) is 0 Å². The summed E-state index contributed by atoms with van der Waals surface area (Å²) in [6, 6.07) is 0. The van der Waals surface area contributed by atoms with E-state index in [1.54, 1.807) is 0 Å². The van der Waals surface area contributed by atoms with Crippen LogP contribution in [-0.4, -0.2) is 29.0 Å². The molecule has 4 nitrogen and oxygen atoms in total. The summed E-state index contributed by atoms with van der Waals surface area (Å²) < 4.78 is 4.35. The summed E-state index contributed by atoms with van der Waals surface area (Å²) in [5, 5.41) is 4.21. The average molecular weight is 212 g/mol. The molecule has 78 valence electrons. The van der Waals surface area contributed by atoms with E-state index in [1.165, 1.54) is 24.4 Å². The zero-order valence-electron chi connectivity index (χ0n) is 8.49. The van der Waals surface area contributed by atoms with Gasteiger partial charge in [0.1, 0.15) is 0 Å². The SMILES string of the molecule is CCCNc1nc(N2CCCC2)ns1. The van der Waals surface area contributed by atoms with Gasteiger partial charge in [-0.1, -0.05) is 6.92 Å². The summed E-state index contributed by atoms with van der Waals surface area (Å²) in [4.78, 5) is 6.71. The average Bonchev–Trinajstić information content (AvgIpc) is 2.85. The van der Waals surface area contributed by atoms with Crippen molar-refractivity contribution in [1.29, 1.82) is 0 Å². The lowest BCUT2D eigenvalue weighted by Crippen LogP contribution is -2.18. The van der Waals surface area contributed by atoms with E-state index in [1.807, 2.05) is 0 Å². The first-order valence-corrected chi connectivity index (χ1v) is 6.00. The molecule has 1 aromatic rings. The van der Waals surface area contributed by atoms with Crippen LogP contribution < -0.4 is 10.2 Å². The van der Waals surface area contributed by atoms with Gasteiger partial charge in [-0.05, 0) is 19.3 Å². The second-order valence-electron chi connectivity index (χ2n) is 3.52. The Morgan fingerprint density at radius 3 is 2.93 bits per heavy atom. The van der Waals surface area contributed by atoms with Crippen LogP contribution in [0.2, 0.25) is 0 Å². The van der Waals surface area contributed by atoms with E-state index in [0.29, 0.717) is 0 Å². The second-order valence-corrected chi connectivity index (χ2v) is 4.27. The van der Waals surface area contributed by atoms with Gasteiger partial charge in [0, 0.05) is 31.2 Å². The zero-order valence-corrected chi connectivity index (χ0v) is 9.31. The smallest absolute Gasteiger partial charge is 0.239 e. The zero-order chi connectivity index (χ0) is 9.80. The molecule has 1 saturated heterocycles. The Morgan fingerprint density at radius 1 is 1.43 bits per heavy atom. The summed E-state index contributed by atoms with van der Waals surface area (Å²) in [6.07, 6.45) is 3.67. The highest BCUT2D eigenvalue weighted by Crippen LogP contribution is 2.21. The Hall–Kier alpha value is -0.840. The van der Waals surface area contributed by atoms with Crippen LogP contribution in [0.1, 0.15) is 26.2 Å². The van der Waals surface area contributed by atoms with E-state index >= 15 is 0 Å². The Bertz CT molecular complexity index is 280. The van der Waals surface area contributed by atoms with Crippen LogP contribution in [0.3, 0.4) is 0 Å². The molecule has 0 aliphatic carbocycles. The van der Waals surface area contributed by atoms with Gasteiger partial charge in [0.2, 0.25) is 11.1 Å². The fourth-order valence-corrected chi connectivity index (χ4v) is 2.18. The molecule has 1 N–H and O–H groups in total. The molecule has 0 atom stereocenters. The van der Waals surface area contributed by atoms with E-state index in [0.717, 1.165) is 37.1 Å². The molecule has 0 bridgehead atoms. The Balaban J connectivity index is 1.94. The number of nitrogens with one attached hydrogen (secondary N) is 1. The first-order valence-electron chi connectivity index (χ1n) is 5.22. The first-order chi connectivity index (χ1) is 6.90. The molecule has 2 rings (SSSR count). The third-order valence-corrected chi connectivity index (χ3v) is 2.99. The van der Waals surface area contributed by atoms with E-state index in [9.17, 15) is 0 Å². The van der Waals surface area contributed by atoms with Gasteiger partial charge in [-0.15, -0.1) is 0 Å². The van der Waals surface area contributed by atoms with E-state index in [2.05, 4.69) is 26.5 Å². The number of anilines is 2. The number of nitrogens with zero attached hydrogens (tertiary/aromatic N) is 3. The largest absolute Gasteiger partial charge is 0.360 e. The topological polar surface area (TPSA) is 41.1 Å². The molecule has 0 spiro atoms. The van der Waals surface area contributed by atoms with E-state index in [4.69, 9.17) is 0 Å². The number of hydrogen-bond donors (Lipinski definition) is 1. The molecule has 0 unspecified atom stereocenters. The molecule has 2 heterocycles. The molecular formula is C9H16N4S. The van der Waals surface area contributed by atoms with Crippen molar-refractivity contribution in [2.75, 3.05) is 29.9 Å². The number of hydrogen-bond acceptors (Lipinski definition) is 5. The van der Waals surface area contributed by atoms with Crippen LogP contribution >= 0.6 is 11.5 Å². The highest BCUT2D eigenvalue weighted by molar-refractivity contribution is 7.09. The first kappa shape index (κ1) is 9.71. The summed E-state index contributed by atoms with van der Waals surface area (Å²) in [5.74, 6) is 0.908. The molecule has 1 aliphatic rings. The van der Waals surface area contributed by atoms with Crippen LogP contribution in [0.4, 0.5) is 11.1 Å². The summed E-state index contributed by atoms with van der Waals surface area (Å²) >= 11 is 1.46. The summed E-state index contributed by atoms with van der Waals surface area (Å²) in [6.45, 7) is 5.36. The highest BCUT2D eigenvalue weighted by Gasteiger charge is 2.16. The molecule has 0 aromatic carbocycles. The van der Waals surface area contributed by atoms with Gasteiger partial charge in [-0.2, -0.15) is 9.36 Å². The van der Waals surface area contributed by atoms with Gasteiger partial charge in [0.25, 0.3) is 0 Å². The Morgan fingerprint density at radius 2 is 2.21 bits per heavy atom. The van der Waals surface area contributed by atoms with Gasteiger partial charge in [-0.25, -0.2) is 0 Å². The van der Waals surface area contributed by atoms with Crippen molar-refractivity contribution >= 4 is 22.6 Å². The maximum absolute atomic E-state index is 4.45. The molecule has 1 aromatic heterocycles. The Labute approximate surface area is 88.5 Å². The number of aromatic nitrogens is 2. The predicted octanol–water partition coefficient (Wildman–Crippen LogP) is 1.96. The number of rotatable bonds is 4. The summed E-state index contributed by atoms with van der Waals surface area (Å²) in [5.41, 5.74) is 0. The molecular weight excluding hydrogens is 196 g/mol. The van der Waals surface area contributed by atoms with Gasteiger partial charge in [0.15, 0.2) is 0 Å². The van der Waals surface area contributed by atoms with Crippen molar-refractivity contribution in [3.8, 4) is 0 Å². The van der Waals surface area contributed by atoms with Crippen molar-refractivity contribution < 1.29 is 0 Å². The monoisotopic (exact) mass is 212 g/mol. The maximum Gasteiger partial charge on any atom is 0.239 e. The quantitative estimate of drug-likeness (QED) is 0.828. The van der Waals surface area contributed by atoms with Gasteiger partial charge >= 0.3 is 0 Å². The minimum Gasteiger partial charge on any atom is -0.360 e. The normalized spacial score (nSPS) is 16.2. The fourth-order valence-electron chi connectivity index (χ4n) is 1.57. The molecule has 0 radical (unpaired) electrons. The van der Waals surface area contributed by atoms with Crippen molar-refractivity contribution in [1.82, 2.24) is 9.36 Å². The van der Waals surface area contributed by atoms with E-state index < -0.39 is 0 Å². The standard InChI is InChI=1S/C9H16N4S/c1-2-5-10-9-11-8(12-14-9)13-6-3-4-7-13/h2-7H2,1H3,(H,10,11,12). The molecule has 1 fully saturated rings. The predicted molar refractivity (Wildman–Crippen MR) is 60.1 cm³/mol. The third kappa shape index (κ3) is 2.15. The third-order valence-electron chi connectivity index (χ3n) is 2.33. The summed E-state index contributed by atoms with van der Waals surface area (Å²) in [7, 11) is 0. The van der Waals surface area contributed by atoms with Crippen LogP contribution in [-0.2, 0) is 0 Å². The Kier molecular flexibility index (Phi) is 3.18. The van der Waals surface area contributed by atoms with E-state index in [-0.39, 0.29) is 0 Å². The minimum atomic E-state index is 0.908. The van der Waals surface area contributed by atoms with Crippen molar-refractivity contribution in [2.24, 2.45) is 0 Å². The van der Waals surface area contributed by atoms with Gasteiger partial charge in [-0.3, -0.25) is 0 Å². The van der Waals surface area contributed by atoms with Crippen LogP contribution in [0, 0.1) is 0 Å². The van der Waals surface area contributed by atoms with Gasteiger partial charge in [0.05, 0.1) is 0 Å². The molecule has 14 heavy (non-hydrogen) atoms. The van der Waals surface area contributed by atoms with Crippen LogP contribution in [0.15, 0.2) is 0 Å². The van der Waals surface area contributed by atoms with Crippen molar-refractivity contribution in [3.63, 3.8) is 0 Å². The molecule has 0 amide bonds. The molecule has 0 saturated carbocycles. The van der Waals surface area contributed by atoms with Crippen LogP contribution in [0.25, 0.3) is 0 Å². The second kappa shape index (κ2) is 4.59. The highest BCUT2D eigenvalue weighted by atomic mass is 32.1. The molecule has 1 aliphatic heterocycles. The lowest BCUT2D eigenvalue weighted by molar-refractivity contribution is 0.918. The fraction of sp³-hybridized carbons (Fsp3) is 0.778. The molecule has 5 heteroatoms. The van der Waals surface area contributed by atoms with Gasteiger partial charge < -0.3 is 10.2 Å². The van der Waals surface area contributed by atoms with Crippen LogP contribution in [0.5, 0.6) is 0 Å². The lowest BCUT2D eigenvalue weighted by atomic mass is 10.4. The lowest BCUT2D eigenvalue weighted by Gasteiger charge is -2.10. The minimum absolute atomic E-state index is 0.908.